The maximum Gasteiger partial charge on any atom is 0.0544 e. The van der Waals surface area contributed by atoms with E-state index in [-0.39, 0.29) is 24.0 Å². The van der Waals surface area contributed by atoms with Crippen LogP contribution in [0.4, 0.5) is 0 Å². The molecule has 3 aliphatic rings. The highest BCUT2D eigenvalue weighted by Crippen LogP contribution is 2.63. The Morgan fingerprint density at radius 1 is 1.17 bits per heavy atom. The van der Waals surface area contributed by atoms with Crippen LogP contribution in [0.3, 0.4) is 0 Å². The predicted molar refractivity (Wildman–Crippen MR) is 98.7 cm³/mol. The van der Waals surface area contributed by atoms with Crippen molar-refractivity contribution in [3.63, 3.8) is 0 Å². The molecule has 0 aliphatic heterocycles. The largest absolute Gasteiger partial charge is 0.396 e. The molecule has 3 fully saturated rings. The van der Waals surface area contributed by atoms with Crippen molar-refractivity contribution in [3.8, 4) is 0 Å². The topological polar surface area (TPSA) is 52.5 Å². The zero-order valence-corrected chi connectivity index (χ0v) is 15.9. The van der Waals surface area contributed by atoms with Crippen molar-refractivity contribution in [2.24, 2.45) is 34.5 Å². The average Bonchev–Trinajstić information content (AvgIpc) is 2.86. The Hall–Kier alpha value is -0.380. The van der Waals surface area contributed by atoms with Gasteiger partial charge in [0.25, 0.3) is 0 Å². The molecule has 138 valence electrons. The van der Waals surface area contributed by atoms with Crippen molar-refractivity contribution in [1.29, 1.82) is 0 Å². The number of aliphatic hydroxyl groups excluding tert-OH is 2. The molecule has 0 radical (unpaired) electrons. The number of aliphatic hydroxyl groups is 2. The molecule has 0 saturated heterocycles. The first kappa shape index (κ1) is 18.4. The van der Waals surface area contributed by atoms with Crippen molar-refractivity contribution >= 4 is 0 Å². The summed E-state index contributed by atoms with van der Waals surface area (Å²) in [6, 6.07) is 0. The smallest absolute Gasteiger partial charge is 0.0544 e. The number of nitrogens with one attached hydrogen (secondary N) is 1. The van der Waals surface area contributed by atoms with E-state index in [0.29, 0.717) is 17.3 Å². The summed E-state index contributed by atoms with van der Waals surface area (Å²) in [4.78, 5) is 0. The standard InChI is InChI=1S/C21H37NO2/c1-14-5-6-18-17(12-22-4)19(8-10-20(14,18)2)21(3)9-7-16(24)11-15(21)13-23/h15-19,22-24H,1,5-13H2,2-4H3/t15-,16+,17-,18?,19?,20+,21+/m1/s1. The summed E-state index contributed by atoms with van der Waals surface area (Å²) in [6.07, 6.45) is 7.44. The van der Waals surface area contributed by atoms with Gasteiger partial charge in [-0.2, -0.15) is 0 Å². The molecule has 0 heterocycles. The molecule has 3 heteroatoms. The summed E-state index contributed by atoms with van der Waals surface area (Å²) in [5.41, 5.74) is 1.94. The van der Waals surface area contributed by atoms with E-state index < -0.39 is 0 Å². The third-order valence-corrected chi connectivity index (χ3v) is 8.40. The van der Waals surface area contributed by atoms with Crippen LogP contribution >= 0.6 is 0 Å². The normalized spacial score (nSPS) is 49.2. The summed E-state index contributed by atoms with van der Waals surface area (Å²) in [6.45, 7) is 10.5. The Labute approximate surface area is 147 Å². The molecule has 0 amide bonds. The molecular formula is C21H37NO2. The molecule has 3 rings (SSSR count). The zero-order valence-electron chi connectivity index (χ0n) is 15.9. The van der Waals surface area contributed by atoms with E-state index in [9.17, 15) is 10.2 Å². The summed E-state index contributed by atoms with van der Waals surface area (Å²) < 4.78 is 0. The first-order valence-corrected chi connectivity index (χ1v) is 9.98. The maximum atomic E-state index is 10.1. The van der Waals surface area contributed by atoms with Crippen LogP contribution in [0.2, 0.25) is 0 Å². The SMILES string of the molecule is C=C1CCC2[C@@H](CNC)C([C@@]3(C)CC[C@H](O)C[C@@H]3CO)CC[C@@]12C. The molecular weight excluding hydrogens is 298 g/mol. The molecule has 0 aromatic carbocycles. The predicted octanol–water partition coefficient (Wildman–Crippen LogP) is 3.36. The van der Waals surface area contributed by atoms with Crippen LogP contribution in [0.5, 0.6) is 0 Å². The van der Waals surface area contributed by atoms with Gasteiger partial charge in [-0.15, -0.1) is 0 Å². The molecule has 0 bridgehead atoms. The minimum Gasteiger partial charge on any atom is -0.396 e. The van der Waals surface area contributed by atoms with Crippen LogP contribution in [0.1, 0.15) is 58.8 Å². The molecule has 3 N–H and O–H groups in total. The molecule has 3 saturated carbocycles. The van der Waals surface area contributed by atoms with E-state index in [1.54, 1.807) is 0 Å². The van der Waals surface area contributed by atoms with Crippen molar-refractivity contribution in [2.75, 3.05) is 20.2 Å². The van der Waals surface area contributed by atoms with E-state index in [0.717, 1.165) is 31.7 Å². The summed E-state index contributed by atoms with van der Waals surface area (Å²) in [5, 5.41) is 23.6. The molecule has 3 aliphatic carbocycles. The van der Waals surface area contributed by atoms with Gasteiger partial charge in [0.2, 0.25) is 0 Å². The van der Waals surface area contributed by atoms with Gasteiger partial charge in [-0.3, -0.25) is 0 Å². The van der Waals surface area contributed by atoms with Gasteiger partial charge in [0.05, 0.1) is 6.10 Å². The van der Waals surface area contributed by atoms with Gasteiger partial charge in [-0.25, -0.2) is 0 Å². The summed E-state index contributed by atoms with van der Waals surface area (Å²) in [5.74, 6) is 2.25. The van der Waals surface area contributed by atoms with E-state index in [1.807, 2.05) is 0 Å². The number of hydrogen-bond donors (Lipinski definition) is 3. The van der Waals surface area contributed by atoms with Gasteiger partial charge >= 0.3 is 0 Å². The molecule has 3 nitrogen and oxygen atoms in total. The number of fused-ring (bicyclic) bond motifs is 1. The third kappa shape index (κ3) is 2.77. The summed E-state index contributed by atoms with van der Waals surface area (Å²) >= 11 is 0. The van der Waals surface area contributed by atoms with Crippen molar-refractivity contribution in [1.82, 2.24) is 5.32 Å². The lowest BCUT2D eigenvalue weighted by molar-refractivity contribution is -0.0929. The molecule has 0 aromatic heterocycles. The first-order chi connectivity index (χ1) is 11.4. The zero-order chi connectivity index (χ0) is 17.5. The molecule has 0 spiro atoms. The monoisotopic (exact) mass is 335 g/mol. The second kappa shape index (κ2) is 6.74. The number of rotatable bonds is 4. The first-order valence-electron chi connectivity index (χ1n) is 9.98. The van der Waals surface area contributed by atoms with Crippen LogP contribution in [-0.4, -0.2) is 36.5 Å². The molecule has 0 aromatic rings. The second-order valence-corrected chi connectivity index (χ2v) is 9.35. The number of allylic oxidation sites excluding steroid dienone is 1. The lowest BCUT2D eigenvalue weighted by Gasteiger charge is -2.56. The fourth-order valence-corrected chi connectivity index (χ4v) is 6.70. The Bertz CT molecular complexity index is 478. The van der Waals surface area contributed by atoms with E-state index in [2.05, 4.69) is 32.8 Å². The average molecular weight is 336 g/mol. The van der Waals surface area contributed by atoms with Gasteiger partial charge < -0.3 is 15.5 Å². The van der Waals surface area contributed by atoms with Gasteiger partial charge in [-0.1, -0.05) is 26.0 Å². The molecule has 24 heavy (non-hydrogen) atoms. The van der Waals surface area contributed by atoms with Crippen LogP contribution in [0.15, 0.2) is 12.2 Å². The third-order valence-electron chi connectivity index (χ3n) is 8.40. The van der Waals surface area contributed by atoms with Crippen LogP contribution in [0.25, 0.3) is 0 Å². The van der Waals surface area contributed by atoms with Crippen LogP contribution in [-0.2, 0) is 0 Å². The highest BCUT2D eigenvalue weighted by atomic mass is 16.3. The Kier molecular flexibility index (Phi) is 5.17. The van der Waals surface area contributed by atoms with Gasteiger partial charge in [0.1, 0.15) is 0 Å². The van der Waals surface area contributed by atoms with Gasteiger partial charge in [0.15, 0.2) is 0 Å². The lowest BCUT2D eigenvalue weighted by Crippen LogP contribution is -2.53. The second-order valence-electron chi connectivity index (χ2n) is 9.35. The minimum absolute atomic E-state index is 0.154. The maximum absolute atomic E-state index is 10.1. The fraction of sp³-hybridized carbons (Fsp3) is 0.905. The van der Waals surface area contributed by atoms with Crippen molar-refractivity contribution in [3.05, 3.63) is 12.2 Å². The van der Waals surface area contributed by atoms with Crippen LogP contribution < -0.4 is 5.32 Å². The Morgan fingerprint density at radius 3 is 2.58 bits per heavy atom. The quantitative estimate of drug-likeness (QED) is 0.691. The Balaban J connectivity index is 1.90. The van der Waals surface area contributed by atoms with E-state index >= 15 is 0 Å². The summed E-state index contributed by atoms with van der Waals surface area (Å²) in [7, 11) is 2.07. The molecule has 2 unspecified atom stereocenters. The van der Waals surface area contributed by atoms with Crippen molar-refractivity contribution in [2.45, 2.75) is 64.9 Å². The van der Waals surface area contributed by atoms with Gasteiger partial charge in [-0.05, 0) is 93.0 Å². The Morgan fingerprint density at radius 2 is 1.92 bits per heavy atom. The van der Waals surface area contributed by atoms with E-state index in [1.165, 1.54) is 31.3 Å². The van der Waals surface area contributed by atoms with E-state index in [4.69, 9.17) is 0 Å². The van der Waals surface area contributed by atoms with Crippen LogP contribution in [0, 0.1) is 34.5 Å². The fourth-order valence-electron chi connectivity index (χ4n) is 6.70. The van der Waals surface area contributed by atoms with Crippen molar-refractivity contribution < 1.29 is 10.2 Å². The van der Waals surface area contributed by atoms with Gasteiger partial charge in [0, 0.05) is 6.61 Å². The lowest BCUT2D eigenvalue weighted by atomic mass is 9.49. The molecule has 7 atom stereocenters. The highest BCUT2D eigenvalue weighted by Gasteiger charge is 2.56. The highest BCUT2D eigenvalue weighted by molar-refractivity contribution is 5.21. The number of hydrogen-bond acceptors (Lipinski definition) is 3. The minimum atomic E-state index is -0.224.